The Kier molecular flexibility index (Phi) is 2.66. The highest BCUT2D eigenvalue weighted by molar-refractivity contribution is 7.80. The molecular formula is C10H18N3OS+. The second-order valence-electron chi connectivity index (χ2n) is 4.63. The summed E-state index contributed by atoms with van der Waals surface area (Å²) in [5.74, 6) is 0.732. The Labute approximate surface area is 95.6 Å². The van der Waals surface area contributed by atoms with Crippen LogP contribution >= 0.6 is 12.2 Å². The number of hydrogen-bond acceptors (Lipinski definition) is 2. The third-order valence-corrected chi connectivity index (χ3v) is 3.87. The van der Waals surface area contributed by atoms with Crippen LogP contribution in [0.15, 0.2) is 0 Å². The van der Waals surface area contributed by atoms with Gasteiger partial charge in [0.15, 0.2) is 4.87 Å². The maximum atomic E-state index is 12.1. The zero-order valence-electron chi connectivity index (χ0n) is 9.32. The Balaban J connectivity index is 2.17. The molecule has 0 bridgehead atoms. The molecule has 2 rings (SSSR count). The number of hydrazine groups is 1. The molecule has 1 aliphatic heterocycles. The highest BCUT2D eigenvalue weighted by Crippen LogP contribution is 2.35. The van der Waals surface area contributed by atoms with Crippen LogP contribution in [0.25, 0.3) is 0 Å². The molecule has 0 atom stereocenters. The lowest BCUT2D eigenvalue weighted by Crippen LogP contribution is -2.50. The lowest BCUT2D eigenvalue weighted by molar-refractivity contribution is -0.735. The van der Waals surface area contributed by atoms with E-state index >= 15 is 0 Å². The molecule has 1 heterocycles. The van der Waals surface area contributed by atoms with Gasteiger partial charge in [-0.2, -0.15) is 0 Å². The first-order valence-electron chi connectivity index (χ1n) is 5.66. The van der Waals surface area contributed by atoms with Crippen molar-refractivity contribution in [1.29, 1.82) is 0 Å². The van der Waals surface area contributed by atoms with Crippen LogP contribution in [0.2, 0.25) is 0 Å². The summed E-state index contributed by atoms with van der Waals surface area (Å²) in [6.45, 7) is 4.84. The lowest BCUT2D eigenvalue weighted by Gasteiger charge is -2.27. The van der Waals surface area contributed by atoms with Gasteiger partial charge in [-0.05, 0) is 37.9 Å². The Morgan fingerprint density at radius 1 is 1.60 bits per heavy atom. The fourth-order valence-corrected chi connectivity index (χ4v) is 2.85. The van der Waals surface area contributed by atoms with Crippen molar-refractivity contribution in [3.8, 4) is 0 Å². The second kappa shape index (κ2) is 3.70. The Hall–Kier alpha value is -0.710. The van der Waals surface area contributed by atoms with E-state index in [0.29, 0.717) is 11.7 Å². The number of nitrogens with zero attached hydrogens (tertiary/aromatic N) is 2. The molecule has 5 heteroatoms. The summed E-state index contributed by atoms with van der Waals surface area (Å²) in [6, 6.07) is 0. The van der Waals surface area contributed by atoms with E-state index in [1.165, 1.54) is 0 Å². The zero-order valence-corrected chi connectivity index (χ0v) is 10.1. The van der Waals surface area contributed by atoms with Gasteiger partial charge >= 0.3 is 5.66 Å². The summed E-state index contributed by atoms with van der Waals surface area (Å²) in [5, 5.41) is 5.41. The molecule has 1 aliphatic carbocycles. The Bertz CT molecular complexity index is 297. The van der Waals surface area contributed by atoms with E-state index in [9.17, 15) is 4.91 Å². The molecule has 0 aromatic rings. The predicted octanol–water partition coefficient (Wildman–Crippen LogP) is 1.80. The molecule has 2 fully saturated rings. The number of thiocarbonyl (C=S) groups is 1. The van der Waals surface area contributed by atoms with E-state index in [-0.39, 0.29) is 0 Å². The summed E-state index contributed by atoms with van der Waals surface area (Å²) < 4.78 is 0. The molecule has 1 spiro atoms. The predicted molar refractivity (Wildman–Crippen MR) is 62.1 cm³/mol. The molecule has 1 saturated carbocycles. The van der Waals surface area contributed by atoms with Crippen LogP contribution in [0.1, 0.15) is 39.5 Å². The van der Waals surface area contributed by atoms with Crippen molar-refractivity contribution < 1.29 is 4.87 Å². The van der Waals surface area contributed by atoms with Gasteiger partial charge in [0.05, 0.1) is 11.5 Å². The second-order valence-corrected chi connectivity index (χ2v) is 5.02. The molecule has 2 aliphatic rings. The van der Waals surface area contributed by atoms with Crippen LogP contribution in [0, 0.1) is 10.8 Å². The van der Waals surface area contributed by atoms with E-state index in [4.69, 9.17) is 12.2 Å². The van der Waals surface area contributed by atoms with Crippen LogP contribution in [0.4, 0.5) is 0 Å². The van der Waals surface area contributed by atoms with Crippen LogP contribution < -0.4 is 5.32 Å². The fraction of sp³-hybridized carbons (Fsp3) is 0.900. The highest BCUT2D eigenvalue weighted by Gasteiger charge is 2.58. The van der Waals surface area contributed by atoms with E-state index in [2.05, 4.69) is 12.2 Å². The summed E-state index contributed by atoms with van der Waals surface area (Å²) in [6.07, 6.45) is 4.00. The minimum atomic E-state index is -0.431. The number of hydrogen-bond donors (Lipinski definition) is 1. The van der Waals surface area contributed by atoms with Crippen LogP contribution in [-0.2, 0) is 0 Å². The SMILES string of the molecule is CCN1C(=S)NC2(CCC(C)CC2)[N+]1=O. The number of nitroso groups, excluding NO2 is 1. The molecular weight excluding hydrogens is 210 g/mol. The largest absolute Gasteiger partial charge is 0.317 e. The first-order chi connectivity index (χ1) is 7.09. The molecule has 0 amide bonds. The first-order valence-corrected chi connectivity index (χ1v) is 6.07. The van der Waals surface area contributed by atoms with Gasteiger partial charge in [0.25, 0.3) is 0 Å². The van der Waals surface area contributed by atoms with Gasteiger partial charge in [0.1, 0.15) is 0 Å². The average molecular weight is 228 g/mol. The van der Waals surface area contributed by atoms with Gasteiger partial charge in [-0.1, -0.05) is 11.9 Å². The molecule has 0 unspecified atom stereocenters. The maximum absolute atomic E-state index is 12.1. The number of rotatable bonds is 1. The van der Waals surface area contributed by atoms with Crippen molar-refractivity contribution in [3.63, 3.8) is 0 Å². The normalized spacial score (nSPS) is 36.1. The van der Waals surface area contributed by atoms with E-state index < -0.39 is 5.66 Å². The Morgan fingerprint density at radius 3 is 2.67 bits per heavy atom. The van der Waals surface area contributed by atoms with Crippen molar-refractivity contribution in [1.82, 2.24) is 10.3 Å². The van der Waals surface area contributed by atoms with Gasteiger partial charge in [0, 0.05) is 12.8 Å². The molecule has 1 saturated heterocycles. The van der Waals surface area contributed by atoms with Gasteiger partial charge in [0.2, 0.25) is 5.11 Å². The Morgan fingerprint density at radius 2 is 2.20 bits per heavy atom. The molecule has 0 radical (unpaired) electrons. The minimum Gasteiger partial charge on any atom is -0.292 e. The smallest absolute Gasteiger partial charge is 0.292 e. The van der Waals surface area contributed by atoms with E-state index in [0.717, 1.165) is 36.5 Å². The quantitative estimate of drug-likeness (QED) is 0.548. The summed E-state index contributed by atoms with van der Waals surface area (Å²) in [5.41, 5.74) is -0.431. The van der Waals surface area contributed by atoms with Crippen molar-refractivity contribution >= 4 is 17.3 Å². The summed E-state index contributed by atoms with van der Waals surface area (Å²) in [4.78, 5) is 13.2. The van der Waals surface area contributed by atoms with Gasteiger partial charge < -0.3 is 0 Å². The molecule has 0 aromatic carbocycles. The highest BCUT2D eigenvalue weighted by atomic mass is 32.1. The van der Waals surface area contributed by atoms with Gasteiger partial charge in [-0.15, -0.1) is 0 Å². The van der Waals surface area contributed by atoms with E-state index in [1.54, 1.807) is 5.01 Å². The molecule has 4 nitrogen and oxygen atoms in total. The van der Waals surface area contributed by atoms with Crippen LogP contribution in [0.5, 0.6) is 0 Å². The standard InChI is InChI=1S/C10H17N3OS/c1-3-12-9(15)11-10(13(12)14)6-4-8(2)5-7-10/h8H,3-7H2,1-2H3/p+1. The van der Waals surface area contributed by atoms with Crippen molar-refractivity contribution in [2.75, 3.05) is 6.54 Å². The minimum absolute atomic E-state index is 0.431. The monoisotopic (exact) mass is 228 g/mol. The third-order valence-electron chi connectivity index (χ3n) is 3.56. The van der Waals surface area contributed by atoms with Crippen molar-refractivity contribution in [3.05, 3.63) is 4.91 Å². The van der Waals surface area contributed by atoms with E-state index in [1.807, 2.05) is 6.92 Å². The lowest BCUT2D eigenvalue weighted by atomic mass is 9.83. The maximum Gasteiger partial charge on any atom is 0.317 e. The summed E-state index contributed by atoms with van der Waals surface area (Å²) >= 11 is 5.17. The molecule has 1 N–H and O–H groups in total. The average Bonchev–Trinajstić information content (AvgIpc) is 2.44. The molecule has 15 heavy (non-hydrogen) atoms. The van der Waals surface area contributed by atoms with Crippen molar-refractivity contribution in [2.24, 2.45) is 5.92 Å². The van der Waals surface area contributed by atoms with Crippen molar-refractivity contribution in [2.45, 2.75) is 45.2 Å². The van der Waals surface area contributed by atoms with Crippen LogP contribution in [0.3, 0.4) is 0 Å². The first kappa shape index (κ1) is 10.8. The van der Waals surface area contributed by atoms with Gasteiger partial charge in [-0.25, -0.2) is 0 Å². The third kappa shape index (κ3) is 1.62. The van der Waals surface area contributed by atoms with Gasteiger partial charge in [-0.3, -0.25) is 5.32 Å². The fourth-order valence-electron chi connectivity index (χ4n) is 2.45. The molecule has 0 aromatic heterocycles. The topological polar surface area (TPSA) is 35.4 Å². The zero-order chi connectivity index (χ0) is 11.1. The summed E-state index contributed by atoms with van der Waals surface area (Å²) in [7, 11) is 0. The molecule has 84 valence electrons. The van der Waals surface area contributed by atoms with Crippen LogP contribution in [-0.4, -0.2) is 27.2 Å². The number of nitrogens with one attached hydrogen (secondary N) is 1.